The Balaban J connectivity index is 0.00000288. The summed E-state index contributed by atoms with van der Waals surface area (Å²) < 4.78 is 2.44. The molecular formula is C15H19BrClN5O2. The zero-order valence-corrected chi connectivity index (χ0v) is 15.4. The van der Waals surface area contributed by atoms with Gasteiger partial charge in [-0.1, -0.05) is 28.1 Å². The molecule has 0 aliphatic rings. The minimum absolute atomic E-state index is 0. The van der Waals surface area contributed by atoms with Crippen LogP contribution < -0.4 is 16.8 Å². The lowest BCUT2D eigenvalue weighted by molar-refractivity contribution is -0.121. The van der Waals surface area contributed by atoms with Crippen molar-refractivity contribution in [1.82, 2.24) is 9.78 Å². The normalized spacial score (nSPS) is 12.8. The number of primary amides is 1. The number of carbonyl (C=O) groups excluding carboxylic acids is 2. The lowest BCUT2D eigenvalue weighted by atomic mass is 9.92. The fourth-order valence-corrected chi connectivity index (χ4v) is 2.22. The number of halogens is 2. The average Bonchev–Trinajstić information content (AvgIpc) is 2.93. The summed E-state index contributed by atoms with van der Waals surface area (Å²) in [5.41, 5.74) is 10.7. The summed E-state index contributed by atoms with van der Waals surface area (Å²) in [5, 5.41) is 6.84. The van der Waals surface area contributed by atoms with E-state index in [1.54, 1.807) is 31.3 Å². The van der Waals surface area contributed by atoms with Gasteiger partial charge in [0, 0.05) is 29.7 Å². The number of nitrogens with two attached hydrogens (primary N) is 2. The van der Waals surface area contributed by atoms with Crippen molar-refractivity contribution in [2.24, 2.45) is 11.5 Å². The second-order valence-electron chi connectivity index (χ2n) is 5.34. The first-order valence-corrected chi connectivity index (χ1v) is 7.76. The molecule has 1 unspecified atom stereocenters. The Morgan fingerprint density at radius 1 is 1.29 bits per heavy atom. The highest BCUT2D eigenvalue weighted by Crippen LogP contribution is 2.22. The molecule has 2 amide bonds. The molecule has 5 N–H and O–H groups in total. The molecule has 2 aromatic rings. The highest BCUT2D eigenvalue weighted by Gasteiger charge is 2.31. The summed E-state index contributed by atoms with van der Waals surface area (Å²) in [4.78, 5) is 23.2. The monoisotopic (exact) mass is 415 g/mol. The Kier molecular flexibility index (Phi) is 6.94. The van der Waals surface area contributed by atoms with Crippen molar-refractivity contribution in [3.05, 3.63) is 46.6 Å². The molecule has 0 bridgehead atoms. The van der Waals surface area contributed by atoms with Gasteiger partial charge >= 0.3 is 0 Å². The summed E-state index contributed by atoms with van der Waals surface area (Å²) in [7, 11) is 0. The first-order valence-electron chi connectivity index (χ1n) is 6.97. The smallest absolute Gasteiger partial charge is 0.249 e. The predicted octanol–water partition coefficient (Wildman–Crippen LogP) is 1.76. The first-order chi connectivity index (χ1) is 10.8. The number of nitrogens with zero attached hydrogens (tertiary/aromatic N) is 2. The van der Waals surface area contributed by atoms with Crippen molar-refractivity contribution >= 4 is 46.0 Å². The van der Waals surface area contributed by atoms with Crippen molar-refractivity contribution in [3.63, 3.8) is 0 Å². The highest BCUT2D eigenvalue weighted by molar-refractivity contribution is 9.10. The van der Waals surface area contributed by atoms with Gasteiger partial charge in [0.25, 0.3) is 0 Å². The van der Waals surface area contributed by atoms with Crippen LogP contribution in [0.3, 0.4) is 0 Å². The van der Waals surface area contributed by atoms with Crippen LogP contribution in [0.1, 0.15) is 18.9 Å². The molecule has 0 aliphatic heterocycles. The third-order valence-electron chi connectivity index (χ3n) is 3.39. The van der Waals surface area contributed by atoms with Crippen molar-refractivity contribution in [3.8, 4) is 0 Å². The average molecular weight is 417 g/mol. The molecule has 0 radical (unpaired) electrons. The van der Waals surface area contributed by atoms with E-state index >= 15 is 0 Å². The van der Waals surface area contributed by atoms with Crippen molar-refractivity contribution in [1.29, 1.82) is 0 Å². The summed E-state index contributed by atoms with van der Waals surface area (Å²) in [6.45, 7) is 1.99. The van der Waals surface area contributed by atoms with Gasteiger partial charge in [-0.3, -0.25) is 14.3 Å². The number of hydrogen-bond donors (Lipinski definition) is 3. The summed E-state index contributed by atoms with van der Waals surface area (Å²) in [5.74, 6) is -0.413. The number of carbonyl (C=O) groups is 2. The molecule has 130 valence electrons. The van der Waals surface area contributed by atoms with Gasteiger partial charge in [-0.25, -0.2) is 0 Å². The zero-order chi connectivity index (χ0) is 17.0. The van der Waals surface area contributed by atoms with E-state index in [2.05, 4.69) is 26.3 Å². The van der Waals surface area contributed by atoms with Crippen molar-refractivity contribution in [2.45, 2.75) is 25.4 Å². The SMILES string of the molecule is CC(N)(C(=O)Nc1ccn(CCC(N)=O)n1)c1ccc(Br)cc1.Cl. The number of aromatic nitrogens is 2. The second-order valence-corrected chi connectivity index (χ2v) is 6.26. The van der Waals surface area contributed by atoms with E-state index in [4.69, 9.17) is 11.5 Å². The van der Waals surface area contributed by atoms with Crippen LogP contribution in [-0.2, 0) is 21.7 Å². The van der Waals surface area contributed by atoms with Crippen LogP contribution in [0, 0.1) is 0 Å². The maximum atomic E-state index is 12.4. The van der Waals surface area contributed by atoms with E-state index in [0.29, 0.717) is 17.9 Å². The van der Waals surface area contributed by atoms with E-state index in [1.807, 2.05) is 12.1 Å². The molecule has 7 nitrogen and oxygen atoms in total. The minimum Gasteiger partial charge on any atom is -0.370 e. The number of anilines is 1. The Morgan fingerprint density at radius 2 is 1.92 bits per heavy atom. The number of nitrogens with one attached hydrogen (secondary N) is 1. The van der Waals surface area contributed by atoms with Gasteiger partial charge in [0.1, 0.15) is 5.54 Å². The molecule has 1 aromatic carbocycles. The van der Waals surface area contributed by atoms with E-state index in [-0.39, 0.29) is 24.7 Å². The van der Waals surface area contributed by atoms with E-state index in [9.17, 15) is 9.59 Å². The number of aryl methyl sites for hydroxylation is 1. The minimum atomic E-state index is -1.20. The Labute approximate surface area is 154 Å². The Hall–Kier alpha value is -1.90. The quantitative estimate of drug-likeness (QED) is 0.665. The maximum absolute atomic E-state index is 12.4. The molecule has 0 saturated heterocycles. The Morgan fingerprint density at radius 3 is 2.50 bits per heavy atom. The largest absolute Gasteiger partial charge is 0.370 e. The van der Waals surface area contributed by atoms with E-state index in [1.165, 1.54) is 4.68 Å². The molecule has 1 atom stereocenters. The van der Waals surface area contributed by atoms with Crippen molar-refractivity contribution < 1.29 is 9.59 Å². The van der Waals surface area contributed by atoms with E-state index in [0.717, 1.165) is 4.47 Å². The van der Waals surface area contributed by atoms with Gasteiger partial charge in [-0.2, -0.15) is 5.10 Å². The standard InChI is InChI=1S/C15H18BrN5O2.ClH/c1-15(18,10-2-4-11(16)5-3-10)14(23)19-13-7-9-21(20-13)8-6-12(17)22;/h2-5,7,9H,6,8,18H2,1H3,(H2,17,22)(H,19,20,23);1H. The number of amides is 2. The van der Waals surface area contributed by atoms with Gasteiger partial charge in [-0.15, -0.1) is 12.4 Å². The van der Waals surface area contributed by atoms with Crippen LogP contribution in [0.15, 0.2) is 41.0 Å². The zero-order valence-electron chi connectivity index (χ0n) is 13.0. The topological polar surface area (TPSA) is 116 Å². The molecular weight excluding hydrogens is 398 g/mol. The van der Waals surface area contributed by atoms with Gasteiger partial charge in [0.05, 0.1) is 0 Å². The molecule has 1 aromatic heterocycles. The molecule has 0 aliphatic carbocycles. The summed E-state index contributed by atoms with van der Waals surface area (Å²) in [6, 6.07) is 8.86. The fourth-order valence-electron chi connectivity index (χ4n) is 1.95. The highest BCUT2D eigenvalue weighted by atomic mass is 79.9. The van der Waals surface area contributed by atoms with Crippen LogP contribution in [0.5, 0.6) is 0 Å². The fraction of sp³-hybridized carbons (Fsp3) is 0.267. The second kappa shape index (κ2) is 8.27. The summed E-state index contributed by atoms with van der Waals surface area (Å²) in [6.07, 6.45) is 1.84. The lowest BCUT2D eigenvalue weighted by Gasteiger charge is -2.23. The van der Waals surface area contributed by atoms with Crippen LogP contribution >= 0.6 is 28.3 Å². The van der Waals surface area contributed by atoms with Gasteiger partial charge in [0.15, 0.2) is 5.82 Å². The molecule has 9 heteroatoms. The number of rotatable bonds is 6. The maximum Gasteiger partial charge on any atom is 0.249 e. The number of benzene rings is 1. The molecule has 1 heterocycles. The van der Waals surface area contributed by atoms with Crippen molar-refractivity contribution in [2.75, 3.05) is 5.32 Å². The molecule has 0 saturated carbocycles. The molecule has 0 fully saturated rings. The van der Waals surface area contributed by atoms with Crippen LogP contribution in [-0.4, -0.2) is 21.6 Å². The molecule has 0 spiro atoms. The third-order valence-corrected chi connectivity index (χ3v) is 3.91. The van der Waals surface area contributed by atoms with Gasteiger partial charge in [0.2, 0.25) is 11.8 Å². The van der Waals surface area contributed by atoms with Gasteiger partial charge in [-0.05, 0) is 24.6 Å². The van der Waals surface area contributed by atoms with Crippen LogP contribution in [0.4, 0.5) is 5.82 Å². The summed E-state index contributed by atoms with van der Waals surface area (Å²) >= 11 is 3.34. The number of hydrogen-bond acceptors (Lipinski definition) is 4. The molecule has 2 rings (SSSR count). The molecule has 24 heavy (non-hydrogen) atoms. The van der Waals surface area contributed by atoms with E-state index < -0.39 is 11.4 Å². The first kappa shape index (κ1) is 20.1. The Bertz CT molecular complexity index is 715. The van der Waals surface area contributed by atoms with Crippen LogP contribution in [0.25, 0.3) is 0 Å². The van der Waals surface area contributed by atoms with Crippen LogP contribution in [0.2, 0.25) is 0 Å². The lowest BCUT2D eigenvalue weighted by Crippen LogP contribution is -2.45. The van der Waals surface area contributed by atoms with Gasteiger partial charge < -0.3 is 16.8 Å². The third kappa shape index (κ3) is 5.05. The predicted molar refractivity (Wildman–Crippen MR) is 97.6 cm³/mol.